The van der Waals surface area contributed by atoms with Gasteiger partial charge in [0.05, 0.1) is 16.6 Å². The second-order valence-corrected chi connectivity index (χ2v) is 10.8. The molecule has 1 aliphatic rings. The van der Waals surface area contributed by atoms with Crippen LogP contribution in [0.25, 0.3) is 20.8 Å². The smallest absolute Gasteiger partial charge is 0.229 e. The van der Waals surface area contributed by atoms with Gasteiger partial charge in [0.2, 0.25) is 5.91 Å². The number of para-hydroxylation sites is 1. The summed E-state index contributed by atoms with van der Waals surface area (Å²) in [5, 5.41) is 5.24. The first-order valence-corrected chi connectivity index (χ1v) is 12.5. The van der Waals surface area contributed by atoms with Crippen LogP contribution in [0.5, 0.6) is 0 Å². The van der Waals surface area contributed by atoms with Crippen LogP contribution in [0.2, 0.25) is 0 Å². The van der Waals surface area contributed by atoms with E-state index in [1.54, 1.807) is 22.7 Å². The normalized spacial score (nSPS) is 15.8. The van der Waals surface area contributed by atoms with Crippen molar-refractivity contribution in [1.29, 1.82) is 0 Å². The van der Waals surface area contributed by atoms with E-state index in [1.807, 2.05) is 6.07 Å². The first-order valence-electron chi connectivity index (χ1n) is 10.8. The molecule has 0 saturated carbocycles. The molecule has 2 aromatic carbocycles. The SMILES string of the molecule is Cc1ccc(CC(=O)Nc2sc3c(c2-c2nc4ccccc4s2)CCC(C)C3)cc1C. The van der Waals surface area contributed by atoms with E-state index >= 15 is 0 Å². The fourth-order valence-electron chi connectivity index (χ4n) is 4.31. The highest BCUT2D eigenvalue weighted by Crippen LogP contribution is 2.47. The molecular weight excluding hydrogens is 420 g/mol. The molecule has 1 atom stereocenters. The maximum absolute atomic E-state index is 13.0. The molecule has 0 aliphatic heterocycles. The van der Waals surface area contributed by atoms with Crippen LogP contribution in [0.1, 0.15) is 40.5 Å². The number of carbonyl (C=O) groups excluding carboxylic acids is 1. The number of nitrogens with one attached hydrogen (secondary N) is 1. The number of amides is 1. The Bertz CT molecular complexity index is 1250. The summed E-state index contributed by atoms with van der Waals surface area (Å²) in [7, 11) is 0. The number of hydrogen-bond acceptors (Lipinski definition) is 4. The summed E-state index contributed by atoms with van der Waals surface area (Å²) in [6.45, 7) is 6.51. The number of benzene rings is 2. The lowest BCUT2D eigenvalue weighted by atomic mass is 9.88. The highest BCUT2D eigenvalue weighted by molar-refractivity contribution is 7.22. The highest BCUT2D eigenvalue weighted by atomic mass is 32.1. The van der Waals surface area contributed by atoms with Crippen molar-refractivity contribution >= 4 is 43.8 Å². The first-order chi connectivity index (χ1) is 15.0. The van der Waals surface area contributed by atoms with E-state index in [0.717, 1.165) is 39.5 Å². The van der Waals surface area contributed by atoms with Gasteiger partial charge in [0.1, 0.15) is 10.0 Å². The molecule has 5 rings (SSSR count). The number of nitrogens with zero attached hydrogens (tertiary/aromatic N) is 1. The van der Waals surface area contributed by atoms with Crippen LogP contribution < -0.4 is 5.32 Å². The summed E-state index contributed by atoms with van der Waals surface area (Å²) in [6, 6.07) is 14.5. The minimum atomic E-state index is 0.0391. The Kier molecular flexibility index (Phi) is 5.40. The Labute approximate surface area is 191 Å². The third kappa shape index (κ3) is 4.04. The van der Waals surface area contributed by atoms with E-state index in [2.05, 4.69) is 62.5 Å². The van der Waals surface area contributed by atoms with Crippen molar-refractivity contribution in [3.05, 3.63) is 69.6 Å². The summed E-state index contributed by atoms with van der Waals surface area (Å²) in [5.41, 5.74) is 7.10. The summed E-state index contributed by atoms with van der Waals surface area (Å²) in [6.07, 6.45) is 3.73. The van der Waals surface area contributed by atoms with E-state index < -0.39 is 0 Å². The number of thiazole rings is 1. The number of aromatic nitrogens is 1. The Balaban J connectivity index is 1.50. The van der Waals surface area contributed by atoms with Gasteiger partial charge in [-0.05, 0) is 73.4 Å². The van der Waals surface area contributed by atoms with Crippen molar-refractivity contribution in [3.8, 4) is 10.6 Å². The second kappa shape index (κ2) is 8.21. The van der Waals surface area contributed by atoms with Gasteiger partial charge in [-0.25, -0.2) is 4.98 Å². The topological polar surface area (TPSA) is 42.0 Å². The number of fused-ring (bicyclic) bond motifs is 2. The van der Waals surface area contributed by atoms with Crippen LogP contribution in [0.4, 0.5) is 5.00 Å². The minimum absolute atomic E-state index is 0.0391. The molecule has 2 heterocycles. The van der Waals surface area contributed by atoms with Gasteiger partial charge in [0.15, 0.2) is 0 Å². The number of thiophene rings is 1. The predicted octanol–water partition coefficient (Wildman–Crippen LogP) is 6.95. The Morgan fingerprint density at radius 1 is 1.13 bits per heavy atom. The molecule has 5 heteroatoms. The third-order valence-electron chi connectivity index (χ3n) is 6.21. The maximum Gasteiger partial charge on any atom is 0.229 e. The number of hydrogen-bond donors (Lipinski definition) is 1. The van der Waals surface area contributed by atoms with Crippen molar-refractivity contribution in [2.45, 2.75) is 46.5 Å². The van der Waals surface area contributed by atoms with Crippen LogP contribution in [0.15, 0.2) is 42.5 Å². The van der Waals surface area contributed by atoms with Crippen LogP contribution in [0, 0.1) is 19.8 Å². The molecule has 0 saturated heterocycles. The van der Waals surface area contributed by atoms with Gasteiger partial charge in [-0.3, -0.25) is 4.79 Å². The Morgan fingerprint density at radius 2 is 1.97 bits per heavy atom. The summed E-state index contributed by atoms with van der Waals surface area (Å²) in [5.74, 6) is 0.728. The fraction of sp³-hybridized carbons (Fsp3) is 0.308. The Morgan fingerprint density at radius 3 is 2.77 bits per heavy atom. The number of aryl methyl sites for hydroxylation is 2. The molecule has 2 aromatic heterocycles. The van der Waals surface area contributed by atoms with Crippen molar-refractivity contribution in [1.82, 2.24) is 4.98 Å². The van der Waals surface area contributed by atoms with E-state index in [9.17, 15) is 4.79 Å². The lowest BCUT2D eigenvalue weighted by molar-refractivity contribution is -0.115. The molecule has 1 N–H and O–H groups in total. The molecule has 0 radical (unpaired) electrons. The lowest BCUT2D eigenvalue weighted by Crippen LogP contribution is -2.14. The quantitative estimate of drug-likeness (QED) is 0.369. The molecule has 0 bridgehead atoms. The predicted molar refractivity (Wildman–Crippen MR) is 132 cm³/mol. The number of carbonyl (C=O) groups is 1. The van der Waals surface area contributed by atoms with Crippen molar-refractivity contribution in [2.24, 2.45) is 5.92 Å². The van der Waals surface area contributed by atoms with Crippen LogP contribution in [-0.4, -0.2) is 10.9 Å². The van der Waals surface area contributed by atoms with Gasteiger partial charge in [0.25, 0.3) is 0 Å². The van der Waals surface area contributed by atoms with Crippen molar-refractivity contribution in [3.63, 3.8) is 0 Å². The minimum Gasteiger partial charge on any atom is -0.317 e. The van der Waals surface area contributed by atoms with Crippen LogP contribution >= 0.6 is 22.7 Å². The summed E-state index contributed by atoms with van der Waals surface area (Å²) in [4.78, 5) is 19.3. The fourth-order valence-corrected chi connectivity index (χ4v) is 6.85. The second-order valence-electron chi connectivity index (χ2n) is 8.69. The van der Waals surface area contributed by atoms with Gasteiger partial charge in [-0.1, -0.05) is 37.3 Å². The van der Waals surface area contributed by atoms with Gasteiger partial charge in [-0.15, -0.1) is 22.7 Å². The van der Waals surface area contributed by atoms with Crippen LogP contribution in [-0.2, 0) is 24.1 Å². The third-order valence-corrected chi connectivity index (χ3v) is 8.43. The monoisotopic (exact) mass is 446 g/mol. The first kappa shape index (κ1) is 20.4. The van der Waals surface area contributed by atoms with Crippen molar-refractivity contribution in [2.75, 3.05) is 5.32 Å². The van der Waals surface area contributed by atoms with E-state index in [1.165, 1.54) is 32.7 Å². The summed E-state index contributed by atoms with van der Waals surface area (Å²) >= 11 is 3.47. The largest absolute Gasteiger partial charge is 0.317 e. The molecule has 1 unspecified atom stereocenters. The molecule has 31 heavy (non-hydrogen) atoms. The van der Waals surface area contributed by atoms with E-state index in [0.29, 0.717) is 12.3 Å². The average Bonchev–Trinajstić information content (AvgIpc) is 3.30. The lowest BCUT2D eigenvalue weighted by Gasteiger charge is -2.18. The zero-order chi connectivity index (χ0) is 21.5. The average molecular weight is 447 g/mol. The molecule has 1 amide bonds. The van der Waals surface area contributed by atoms with E-state index in [-0.39, 0.29) is 5.91 Å². The van der Waals surface area contributed by atoms with Crippen molar-refractivity contribution < 1.29 is 4.79 Å². The van der Waals surface area contributed by atoms with Gasteiger partial charge >= 0.3 is 0 Å². The summed E-state index contributed by atoms with van der Waals surface area (Å²) < 4.78 is 1.19. The molecule has 3 nitrogen and oxygen atoms in total. The van der Waals surface area contributed by atoms with Gasteiger partial charge < -0.3 is 5.32 Å². The Hall–Kier alpha value is -2.50. The van der Waals surface area contributed by atoms with Gasteiger partial charge in [0, 0.05) is 10.4 Å². The highest BCUT2D eigenvalue weighted by Gasteiger charge is 2.27. The maximum atomic E-state index is 13.0. The molecule has 158 valence electrons. The molecule has 4 aromatic rings. The van der Waals surface area contributed by atoms with Gasteiger partial charge in [-0.2, -0.15) is 0 Å². The zero-order valence-electron chi connectivity index (χ0n) is 18.1. The number of rotatable bonds is 4. The van der Waals surface area contributed by atoms with Crippen LogP contribution in [0.3, 0.4) is 0 Å². The molecular formula is C26H26N2OS2. The molecule has 0 spiro atoms. The zero-order valence-corrected chi connectivity index (χ0v) is 19.8. The number of anilines is 1. The molecule has 1 aliphatic carbocycles. The van der Waals surface area contributed by atoms with E-state index in [4.69, 9.17) is 4.98 Å². The standard InChI is InChI=1S/C26H26N2OS2/c1-15-8-11-19-22(12-15)31-26(24(19)25-27-20-6-4-5-7-21(20)30-25)28-23(29)14-18-10-9-16(2)17(3)13-18/h4-7,9-10,13,15H,8,11-12,14H2,1-3H3,(H,28,29). The molecule has 0 fully saturated rings.